The van der Waals surface area contributed by atoms with Gasteiger partial charge in [-0.25, -0.2) is 0 Å². The fourth-order valence-electron chi connectivity index (χ4n) is 2.35. The highest BCUT2D eigenvalue weighted by Crippen LogP contribution is 2.21. The van der Waals surface area contributed by atoms with Gasteiger partial charge in [-0.05, 0) is 87.6 Å². The molecule has 0 atom stereocenters. The molecule has 4 heteroatoms. The number of hydrogen-bond acceptors (Lipinski definition) is 2. The normalized spacial score (nSPS) is 10.4. The van der Waals surface area contributed by atoms with Crippen LogP contribution >= 0.6 is 45.2 Å². The first-order valence-corrected chi connectivity index (χ1v) is 9.41. The van der Waals surface area contributed by atoms with Crippen LogP contribution in [0.5, 0.6) is 0 Å². The zero-order valence-electron chi connectivity index (χ0n) is 12.5. The molecule has 0 N–H and O–H groups in total. The second kappa shape index (κ2) is 7.57. The van der Waals surface area contributed by atoms with Gasteiger partial charge in [-0.3, -0.25) is 9.59 Å². The van der Waals surface area contributed by atoms with Crippen LogP contribution in [-0.2, 0) is 0 Å². The Bertz CT molecular complexity index is 901. The fourth-order valence-corrected chi connectivity index (χ4v) is 3.29. The molecule has 0 bridgehead atoms. The van der Waals surface area contributed by atoms with Crippen molar-refractivity contribution < 1.29 is 9.59 Å². The van der Waals surface area contributed by atoms with Crippen LogP contribution in [0.1, 0.15) is 31.8 Å². The molecule has 0 amide bonds. The first kappa shape index (κ1) is 17.3. The monoisotopic (exact) mass is 538 g/mol. The molecule has 0 aliphatic heterocycles. The van der Waals surface area contributed by atoms with E-state index in [1.54, 1.807) is 36.4 Å². The molecule has 118 valence electrons. The largest absolute Gasteiger partial charge is 0.289 e. The van der Waals surface area contributed by atoms with Crippen molar-refractivity contribution in [3.8, 4) is 0 Å². The van der Waals surface area contributed by atoms with E-state index in [0.29, 0.717) is 22.3 Å². The van der Waals surface area contributed by atoms with Gasteiger partial charge in [0.1, 0.15) is 0 Å². The van der Waals surface area contributed by atoms with Crippen molar-refractivity contribution >= 4 is 56.7 Å². The first-order chi connectivity index (χ1) is 11.6. The van der Waals surface area contributed by atoms with Gasteiger partial charge in [-0.1, -0.05) is 30.3 Å². The Balaban J connectivity index is 1.98. The smallest absolute Gasteiger partial charge is 0.194 e. The third-order valence-electron chi connectivity index (χ3n) is 3.62. The highest BCUT2D eigenvalue weighted by Gasteiger charge is 2.16. The lowest BCUT2D eigenvalue weighted by Gasteiger charge is -2.07. The van der Waals surface area contributed by atoms with E-state index < -0.39 is 0 Å². The van der Waals surface area contributed by atoms with Crippen molar-refractivity contribution in [1.82, 2.24) is 0 Å². The van der Waals surface area contributed by atoms with E-state index in [-0.39, 0.29) is 11.6 Å². The minimum absolute atomic E-state index is 0.0720. The van der Waals surface area contributed by atoms with Crippen LogP contribution in [0, 0.1) is 7.14 Å². The van der Waals surface area contributed by atoms with Crippen molar-refractivity contribution in [3.05, 3.63) is 102 Å². The molecule has 2 nitrogen and oxygen atoms in total. The summed E-state index contributed by atoms with van der Waals surface area (Å²) < 4.78 is 1.91. The topological polar surface area (TPSA) is 34.1 Å². The van der Waals surface area contributed by atoms with Crippen molar-refractivity contribution in [1.29, 1.82) is 0 Å². The fraction of sp³-hybridized carbons (Fsp3) is 0. The van der Waals surface area contributed by atoms with Gasteiger partial charge in [0.15, 0.2) is 11.6 Å². The number of benzene rings is 3. The number of ketones is 2. The van der Waals surface area contributed by atoms with E-state index >= 15 is 0 Å². The number of halogens is 2. The lowest BCUT2D eigenvalue weighted by molar-refractivity contribution is 0.103. The van der Waals surface area contributed by atoms with E-state index in [2.05, 4.69) is 45.2 Å². The van der Waals surface area contributed by atoms with Gasteiger partial charge < -0.3 is 0 Å². The van der Waals surface area contributed by atoms with E-state index in [9.17, 15) is 9.59 Å². The molecule has 0 aliphatic rings. The Labute approximate surface area is 167 Å². The maximum absolute atomic E-state index is 12.7. The second-order valence-corrected chi connectivity index (χ2v) is 7.63. The Morgan fingerprint density at radius 2 is 1.21 bits per heavy atom. The Morgan fingerprint density at radius 1 is 0.625 bits per heavy atom. The molecule has 0 spiro atoms. The maximum atomic E-state index is 12.7. The molecule has 0 unspecified atom stereocenters. The van der Waals surface area contributed by atoms with Crippen molar-refractivity contribution in [2.24, 2.45) is 0 Å². The molecular formula is C20H12I2O2. The average Bonchev–Trinajstić information content (AvgIpc) is 2.62. The number of rotatable bonds is 4. The summed E-state index contributed by atoms with van der Waals surface area (Å²) in [6.45, 7) is 0. The third kappa shape index (κ3) is 3.75. The van der Waals surface area contributed by atoms with Crippen LogP contribution in [0.4, 0.5) is 0 Å². The van der Waals surface area contributed by atoms with Gasteiger partial charge in [-0.15, -0.1) is 0 Å². The number of carbonyl (C=O) groups is 2. The summed E-state index contributed by atoms with van der Waals surface area (Å²) in [6, 6.07) is 21.8. The maximum Gasteiger partial charge on any atom is 0.194 e. The Morgan fingerprint density at radius 3 is 1.88 bits per heavy atom. The molecule has 0 fully saturated rings. The number of carbonyl (C=O) groups excluding carboxylic acids is 2. The predicted octanol–water partition coefficient (Wildman–Crippen LogP) is 5.36. The minimum atomic E-state index is -0.0788. The Kier molecular flexibility index (Phi) is 5.45. The first-order valence-electron chi connectivity index (χ1n) is 7.26. The molecule has 0 aromatic heterocycles. The third-order valence-corrected chi connectivity index (χ3v) is 5.28. The Hall–Kier alpha value is -1.54. The summed E-state index contributed by atoms with van der Waals surface area (Å²) in [6.07, 6.45) is 0. The molecule has 24 heavy (non-hydrogen) atoms. The van der Waals surface area contributed by atoms with E-state index in [0.717, 1.165) is 7.14 Å². The van der Waals surface area contributed by atoms with Gasteiger partial charge in [0.25, 0.3) is 0 Å². The van der Waals surface area contributed by atoms with Gasteiger partial charge in [-0.2, -0.15) is 0 Å². The van der Waals surface area contributed by atoms with Gasteiger partial charge in [0, 0.05) is 29.4 Å². The molecule has 0 saturated heterocycles. The van der Waals surface area contributed by atoms with Crippen LogP contribution in [0.2, 0.25) is 0 Å². The van der Waals surface area contributed by atoms with Crippen LogP contribution in [0.25, 0.3) is 0 Å². The quantitative estimate of drug-likeness (QED) is 0.332. The van der Waals surface area contributed by atoms with Crippen molar-refractivity contribution in [2.45, 2.75) is 0 Å². The molecule has 0 aliphatic carbocycles. The van der Waals surface area contributed by atoms with Crippen LogP contribution < -0.4 is 0 Å². The van der Waals surface area contributed by atoms with E-state index in [4.69, 9.17) is 0 Å². The average molecular weight is 538 g/mol. The van der Waals surface area contributed by atoms with Gasteiger partial charge in [0.05, 0.1) is 0 Å². The number of hydrogen-bond donors (Lipinski definition) is 0. The standard InChI is InChI=1S/C20H12I2O2/c21-16-9-6-14(7-10-16)19(23)15-8-11-18(22)17(12-15)20(24)13-4-2-1-3-5-13/h1-12H. The lowest BCUT2D eigenvalue weighted by atomic mass is 9.97. The SMILES string of the molecule is O=C(c1ccc(I)cc1)c1ccc(I)c(C(=O)c2ccccc2)c1. The van der Waals surface area contributed by atoms with Gasteiger partial charge >= 0.3 is 0 Å². The van der Waals surface area contributed by atoms with E-state index in [1.807, 2.05) is 36.4 Å². The van der Waals surface area contributed by atoms with E-state index in [1.165, 1.54) is 0 Å². The summed E-state index contributed by atoms with van der Waals surface area (Å²) in [5, 5.41) is 0. The molecule has 0 radical (unpaired) electrons. The van der Waals surface area contributed by atoms with Crippen molar-refractivity contribution in [3.63, 3.8) is 0 Å². The van der Waals surface area contributed by atoms with Crippen molar-refractivity contribution in [2.75, 3.05) is 0 Å². The zero-order chi connectivity index (χ0) is 17.1. The second-order valence-electron chi connectivity index (χ2n) is 5.23. The van der Waals surface area contributed by atoms with Gasteiger partial charge in [0.2, 0.25) is 0 Å². The lowest BCUT2D eigenvalue weighted by Crippen LogP contribution is -2.08. The van der Waals surface area contributed by atoms with Crippen LogP contribution in [-0.4, -0.2) is 11.6 Å². The molecule has 0 heterocycles. The molecule has 3 rings (SSSR count). The van der Waals surface area contributed by atoms with Crippen LogP contribution in [0.3, 0.4) is 0 Å². The molecule has 0 saturated carbocycles. The summed E-state index contributed by atoms with van der Waals surface area (Å²) in [7, 11) is 0. The predicted molar refractivity (Wildman–Crippen MR) is 112 cm³/mol. The highest BCUT2D eigenvalue weighted by molar-refractivity contribution is 14.1. The summed E-state index contributed by atoms with van der Waals surface area (Å²) >= 11 is 4.33. The summed E-state index contributed by atoms with van der Waals surface area (Å²) in [5.74, 6) is -0.151. The summed E-state index contributed by atoms with van der Waals surface area (Å²) in [5.41, 5.74) is 2.32. The summed E-state index contributed by atoms with van der Waals surface area (Å²) in [4.78, 5) is 25.4. The molecular weight excluding hydrogens is 526 g/mol. The molecule has 3 aromatic carbocycles. The molecule has 3 aromatic rings. The van der Waals surface area contributed by atoms with Crippen LogP contribution in [0.15, 0.2) is 72.8 Å². The highest BCUT2D eigenvalue weighted by atomic mass is 127. The minimum Gasteiger partial charge on any atom is -0.289 e. The zero-order valence-corrected chi connectivity index (χ0v) is 16.8.